The van der Waals surface area contributed by atoms with Crippen molar-refractivity contribution in [1.82, 2.24) is 0 Å². The van der Waals surface area contributed by atoms with Gasteiger partial charge in [-0.1, -0.05) is 27.7 Å². The van der Waals surface area contributed by atoms with Gasteiger partial charge >= 0.3 is 0 Å². The molecule has 0 aliphatic rings. The van der Waals surface area contributed by atoms with Crippen LogP contribution < -0.4 is 5.73 Å². The minimum atomic E-state index is -2.95. The van der Waals surface area contributed by atoms with Crippen LogP contribution in [0.25, 0.3) is 0 Å². The molecule has 0 saturated carbocycles. The molecule has 0 aromatic rings. The second-order valence-corrected chi connectivity index (χ2v) is 7.80. The molecule has 0 fully saturated rings. The van der Waals surface area contributed by atoms with Gasteiger partial charge in [0.15, 0.2) is 0 Å². The Hall–Kier alpha value is -0.130. The molecule has 1 unspecified atom stereocenters. The summed E-state index contributed by atoms with van der Waals surface area (Å²) in [5.41, 5.74) is 4.25. The number of hydrogen-bond donors (Lipinski definition) is 2. The third-order valence-corrected chi connectivity index (χ3v) is 5.01. The Balaban J connectivity index is 4.39. The highest BCUT2D eigenvalue weighted by atomic mass is 32.2. The van der Waals surface area contributed by atoms with Gasteiger partial charge in [-0.05, 0) is 18.3 Å². The largest absolute Gasteiger partial charge is 0.388 e. The minimum absolute atomic E-state index is 0.127. The molecule has 0 aromatic heterocycles. The van der Waals surface area contributed by atoms with Crippen LogP contribution in [0.15, 0.2) is 0 Å². The summed E-state index contributed by atoms with van der Waals surface area (Å²) in [6, 6.07) is 0. The van der Waals surface area contributed by atoms with Crippen LogP contribution in [0.5, 0.6) is 0 Å². The van der Waals surface area contributed by atoms with Gasteiger partial charge in [-0.3, -0.25) is 0 Å². The number of rotatable bonds is 6. The Kier molecular flexibility index (Phi) is 5.42. The molecule has 0 saturated heterocycles. The summed E-state index contributed by atoms with van der Waals surface area (Å²) >= 11 is 0. The van der Waals surface area contributed by atoms with E-state index in [9.17, 15) is 13.5 Å². The number of hydrogen-bond acceptors (Lipinski definition) is 4. The van der Waals surface area contributed by atoms with E-state index in [1.807, 2.05) is 20.8 Å². The van der Waals surface area contributed by atoms with Crippen molar-refractivity contribution in [2.45, 2.75) is 46.1 Å². The molecular weight excluding hydrogens is 226 g/mol. The van der Waals surface area contributed by atoms with Gasteiger partial charge in [0.2, 0.25) is 0 Å². The SMILES string of the molecule is CCS(=O)(=O)CCCC(O)(CN)C(C)(C)C. The molecule has 3 N–H and O–H groups in total. The van der Waals surface area contributed by atoms with Gasteiger partial charge in [0, 0.05) is 12.3 Å². The smallest absolute Gasteiger partial charge is 0.150 e. The Labute approximate surface area is 99.1 Å². The molecule has 16 heavy (non-hydrogen) atoms. The lowest BCUT2D eigenvalue weighted by Gasteiger charge is -2.39. The Morgan fingerprint density at radius 1 is 1.25 bits per heavy atom. The van der Waals surface area contributed by atoms with Crippen LogP contribution in [0.1, 0.15) is 40.5 Å². The minimum Gasteiger partial charge on any atom is -0.388 e. The van der Waals surface area contributed by atoms with E-state index in [0.717, 1.165) is 0 Å². The molecule has 0 amide bonds. The van der Waals surface area contributed by atoms with Crippen LogP contribution in [0, 0.1) is 5.41 Å². The number of sulfone groups is 1. The molecule has 0 radical (unpaired) electrons. The fourth-order valence-corrected chi connectivity index (χ4v) is 2.38. The van der Waals surface area contributed by atoms with Crippen LogP contribution in [-0.2, 0) is 9.84 Å². The maximum absolute atomic E-state index is 11.3. The zero-order valence-electron chi connectivity index (χ0n) is 10.8. The van der Waals surface area contributed by atoms with Crippen molar-refractivity contribution in [3.63, 3.8) is 0 Å². The third-order valence-electron chi connectivity index (χ3n) is 3.22. The first-order valence-electron chi connectivity index (χ1n) is 5.71. The zero-order valence-corrected chi connectivity index (χ0v) is 11.6. The van der Waals surface area contributed by atoms with Crippen LogP contribution in [-0.4, -0.2) is 37.2 Å². The van der Waals surface area contributed by atoms with E-state index in [1.54, 1.807) is 6.92 Å². The number of nitrogens with two attached hydrogens (primary N) is 1. The highest BCUT2D eigenvalue weighted by Gasteiger charge is 2.38. The molecule has 4 nitrogen and oxygen atoms in total. The summed E-state index contributed by atoms with van der Waals surface area (Å²) < 4.78 is 22.6. The average Bonchev–Trinajstić information content (AvgIpc) is 2.15. The maximum Gasteiger partial charge on any atom is 0.150 e. The van der Waals surface area contributed by atoms with Gasteiger partial charge in [0.05, 0.1) is 11.4 Å². The monoisotopic (exact) mass is 251 g/mol. The highest BCUT2D eigenvalue weighted by Crippen LogP contribution is 2.33. The Bertz CT molecular complexity index is 306. The molecular formula is C11H25NO3S. The normalized spacial score (nSPS) is 17.1. The van der Waals surface area contributed by atoms with Crippen LogP contribution >= 0.6 is 0 Å². The molecule has 0 spiro atoms. The van der Waals surface area contributed by atoms with Crippen molar-refractivity contribution in [2.24, 2.45) is 11.1 Å². The van der Waals surface area contributed by atoms with E-state index in [-0.39, 0.29) is 23.5 Å². The zero-order chi connectivity index (χ0) is 13.0. The van der Waals surface area contributed by atoms with E-state index < -0.39 is 15.4 Å². The van der Waals surface area contributed by atoms with Crippen LogP contribution in [0.4, 0.5) is 0 Å². The van der Waals surface area contributed by atoms with Crippen molar-refractivity contribution in [2.75, 3.05) is 18.1 Å². The first-order valence-corrected chi connectivity index (χ1v) is 7.53. The highest BCUT2D eigenvalue weighted by molar-refractivity contribution is 7.91. The maximum atomic E-state index is 11.3. The Morgan fingerprint density at radius 2 is 1.75 bits per heavy atom. The summed E-state index contributed by atoms with van der Waals surface area (Å²) in [5, 5.41) is 10.3. The third kappa shape index (κ3) is 4.39. The molecule has 0 aliphatic heterocycles. The van der Waals surface area contributed by atoms with Gasteiger partial charge in [-0.25, -0.2) is 8.42 Å². The summed E-state index contributed by atoms with van der Waals surface area (Å²) in [5.74, 6) is 0.283. The van der Waals surface area contributed by atoms with Crippen LogP contribution in [0.3, 0.4) is 0 Å². The molecule has 0 aliphatic carbocycles. The van der Waals surface area contributed by atoms with Gasteiger partial charge in [-0.15, -0.1) is 0 Å². The predicted molar refractivity (Wildman–Crippen MR) is 67.0 cm³/mol. The summed E-state index contributed by atoms with van der Waals surface area (Å²) in [4.78, 5) is 0. The van der Waals surface area contributed by atoms with E-state index in [2.05, 4.69) is 0 Å². The van der Waals surface area contributed by atoms with Gasteiger partial charge in [0.25, 0.3) is 0 Å². The molecule has 0 heterocycles. The summed E-state index contributed by atoms with van der Waals surface area (Å²) in [7, 11) is -2.95. The fraction of sp³-hybridized carbons (Fsp3) is 1.00. The standard InChI is InChI=1S/C11H25NO3S/c1-5-16(14,15)8-6-7-11(13,9-12)10(2,3)4/h13H,5-9,12H2,1-4H3. The molecule has 0 bridgehead atoms. The first-order chi connectivity index (χ1) is 7.08. The average molecular weight is 251 g/mol. The molecule has 5 heteroatoms. The lowest BCUT2D eigenvalue weighted by Crippen LogP contribution is -2.49. The molecule has 98 valence electrons. The van der Waals surface area contributed by atoms with Crippen molar-refractivity contribution in [1.29, 1.82) is 0 Å². The quantitative estimate of drug-likeness (QED) is 0.736. The van der Waals surface area contributed by atoms with Crippen molar-refractivity contribution in [3.05, 3.63) is 0 Å². The Morgan fingerprint density at radius 3 is 2.06 bits per heavy atom. The van der Waals surface area contributed by atoms with E-state index in [4.69, 9.17) is 5.73 Å². The first kappa shape index (κ1) is 15.9. The van der Waals surface area contributed by atoms with Crippen LogP contribution in [0.2, 0.25) is 0 Å². The van der Waals surface area contributed by atoms with Gasteiger partial charge in [0.1, 0.15) is 9.84 Å². The van der Waals surface area contributed by atoms with E-state index >= 15 is 0 Å². The fourth-order valence-electron chi connectivity index (χ4n) is 1.51. The van der Waals surface area contributed by atoms with Crippen molar-refractivity contribution < 1.29 is 13.5 Å². The van der Waals surface area contributed by atoms with Crippen molar-refractivity contribution in [3.8, 4) is 0 Å². The van der Waals surface area contributed by atoms with E-state index in [1.165, 1.54) is 0 Å². The topological polar surface area (TPSA) is 80.4 Å². The summed E-state index contributed by atoms with van der Waals surface area (Å²) in [6.07, 6.45) is 0.882. The predicted octanol–water partition coefficient (Wildman–Crippen LogP) is 0.937. The lowest BCUT2D eigenvalue weighted by atomic mass is 9.74. The molecule has 0 aromatic carbocycles. The van der Waals surface area contributed by atoms with Crippen molar-refractivity contribution >= 4 is 9.84 Å². The molecule has 1 atom stereocenters. The summed E-state index contributed by atoms with van der Waals surface area (Å²) in [6.45, 7) is 7.52. The van der Waals surface area contributed by atoms with Gasteiger partial charge in [-0.2, -0.15) is 0 Å². The van der Waals surface area contributed by atoms with Gasteiger partial charge < -0.3 is 10.8 Å². The second kappa shape index (κ2) is 5.47. The second-order valence-electron chi connectivity index (χ2n) is 5.33. The number of aliphatic hydroxyl groups is 1. The van der Waals surface area contributed by atoms with E-state index in [0.29, 0.717) is 12.8 Å². The lowest BCUT2D eigenvalue weighted by molar-refractivity contribution is -0.0565. The molecule has 0 rings (SSSR count).